The summed E-state index contributed by atoms with van der Waals surface area (Å²) in [5, 5.41) is 8.81. The number of ether oxygens (including phenoxy) is 1. The fourth-order valence-electron chi connectivity index (χ4n) is 3.13. The van der Waals surface area contributed by atoms with Crippen molar-refractivity contribution in [3.8, 4) is 11.8 Å². The Bertz CT molecular complexity index is 895. The van der Waals surface area contributed by atoms with Gasteiger partial charge in [-0.2, -0.15) is 5.26 Å². The predicted octanol–water partition coefficient (Wildman–Crippen LogP) is 3.06. The molecule has 6 heteroatoms. The quantitative estimate of drug-likeness (QED) is 0.750. The van der Waals surface area contributed by atoms with Crippen LogP contribution in [0, 0.1) is 17.1 Å². The molecular weight excluding hydrogens is 357 g/mol. The third-order valence-electron chi connectivity index (χ3n) is 4.76. The van der Waals surface area contributed by atoms with Crippen molar-refractivity contribution < 1.29 is 13.9 Å². The normalized spacial score (nSPS) is 14.8. The topological polar surface area (TPSA) is 56.6 Å². The second-order valence-corrected chi connectivity index (χ2v) is 6.64. The van der Waals surface area contributed by atoms with E-state index in [0.717, 1.165) is 24.2 Å². The second kappa shape index (κ2) is 9.16. The Morgan fingerprint density at radius 2 is 1.89 bits per heavy atom. The number of benzene rings is 2. The fraction of sp³-hybridized carbons (Fsp3) is 0.273. The lowest BCUT2D eigenvalue weighted by Crippen LogP contribution is -2.47. The number of carbonyl (C=O) groups excluding carboxylic acids is 1. The van der Waals surface area contributed by atoms with E-state index in [1.54, 1.807) is 30.4 Å². The third kappa shape index (κ3) is 4.96. The average molecular weight is 379 g/mol. The van der Waals surface area contributed by atoms with E-state index in [4.69, 9.17) is 10.00 Å². The molecule has 0 N–H and O–H groups in total. The minimum Gasteiger partial charge on any atom is -0.494 e. The van der Waals surface area contributed by atoms with Gasteiger partial charge in [-0.05, 0) is 41.5 Å². The summed E-state index contributed by atoms with van der Waals surface area (Å²) >= 11 is 0. The van der Waals surface area contributed by atoms with Gasteiger partial charge in [0, 0.05) is 38.8 Å². The molecule has 1 heterocycles. The highest BCUT2D eigenvalue weighted by Gasteiger charge is 2.20. The van der Waals surface area contributed by atoms with Gasteiger partial charge in [0.2, 0.25) is 5.91 Å². The van der Waals surface area contributed by atoms with Gasteiger partial charge >= 0.3 is 0 Å². The number of piperazine rings is 1. The van der Waals surface area contributed by atoms with Crippen LogP contribution in [0.25, 0.3) is 6.08 Å². The van der Waals surface area contributed by atoms with E-state index in [1.807, 2.05) is 23.1 Å². The molecule has 1 aliphatic heterocycles. The molecule has 1 fully saturated rings. The van der Waals surface area contributed by atoms with Crippen LogP contribution in [0.2, 0.25) is 0 Å². The van der Waals surface area contributed by atoms with Crippen molar-refractivity contribution in [3.05, 3.63) is 71.0 Å². The molecule has 144 valence electrons. The summed E-state index contributed by atoms with van der Waals surface area (Å²) in [6, 6.07) is 14.1. The van der Waals surface area contributed by atoms with Gasteiger partial charge in [-0.3, -0.25) is 9.69 Å². The Kier molecular flexibility index (Phi) is 6.41. The van der Waals surface area contributed by atoms with Crippen LogP contribution in [0.15, 0.2) is 48.5 Å². The van der Waals surface area contributed by atoms with E-state index < -0.39 is 0 Å². The third-order valence-corrected chi connectivity index (χ3v) is 4.76. The molecule has 5 nitrogen and oxygen atoms in total. The molecule has 0 aliphatic carbocycles. The van der Waals surface area contributed by atoms with Gasteiger partial charge < -0.3 is 9.64 Å². The molecule has 0 saturated carbocycles. The SMILES string of the molecule is COc1ccc(CN2CCN(C(=O)C=Cc3ccc(C#N)cc3)CC2)cc1F. The number of amides is 1. The lowest BCUT2D eigenvalue weighted by atomic mass is 10.1. The van der Waals surface area contributed by atoms with Crippen LogP contribution >= 0.6 is 0 Å². The zero-order valence-corrected chi connectivity index (χ0v) is 15.8. The molecule has 0 radical (unpaired) electrons. The van der Waals surface area contributed by atoms with Crippen molar-refractivity contribution in [2.75, 3.05) is 33.3 Å². The summed E-state index contributed by atoms with van der Waals surface area (Å²) in [6.45, 7) is 3.39. The molecule has 0 spiro atoms. The molecule has 0 aromatic heterocycles. The van der Waals surface area contributed by atoms with Gasteiger partial charge in [-0.1, -0.05) is 18.2 Å². The van der Waals surface area contributed by atoms with Gasteiger partial charge in [0.05, 0.1) is 18.7 Å². The maximum absolute atomic E-state index is 13.8. The standard InChI is InChI=1S/C22H22FN3O2/c1-28-21-8-6-19(14-20(21)23)16-25-10-12-26(13-11-25)22(27)9-7-17-2-4-18(15-24)5-3-17/h2-9,14H,10-13,16H2,1H3. The van der Waals surface area contributed by atoms with E-state index in [-0.39, 0.29) is 17.5 Å². The molecule has 1 amide bonds. The number of nitriles is 1. The van der Waals surface area contributed by atoms with Gasteiger partial charge in [0.1, 0.15) is 0 Å². The van der Waals surface area contributed by atoms with Crippen molar-refractivity contribution in [3.63, 3.8) is 0 Å². The van der Waals surface area contributed by atoms with Crippen LogP contribution in [0.3, 0.4) is 0 Å². The summed E-state index contributed by atoms with van der Waals surface area (Å²) < 4.78 is 18.8. The van der Waals surface area contributed by atoms with Crippen molar-refractivity contribution in [1.82, 2.24) is 9.80 Å². The first kappa shape index (κ1) is 19.6. The Hall–Kier alpha value is -3.17. The van der Waals surface area contributed by atoms with Crippen LogP contribution in [-0.2, 0) is 11.3 Å². The van der Waals surface area contributed by atoms with Crippen molar-refractivity contribution in [1.29, 1.82) is 5.26 Å². The van der Waals surface area contributed by atoms with Crippen molar-refractivity contribution in [2.24, 2.45) is 0 Å². The number of carbonyl (C=O) groups is 1. The summed E-state index contributed by atoms with van der Waals surface area (Å²) in [5.41, 5.74) is 2.36. The maximum atomic E-state index is 13.8. The first-order valence-corrected chi connectivity index (χ1v) is 9.11. The summed E-state index contributed by atoms with van der Waals surface area (Å²) in [6.07, 6.45) is 3.33. The molecule has 3 rings (SSSR count). The molecule has 0 atom stereocenters. The minimum atomic E-state index is -0.359. The zero-order chi connectivity index (χ0) is 19.9. The van der Waals surface area contributed by atoms with Gasteiger partial charge in [-0.15, -0.1) is 0 Å². The molecule has 2 aromatic carbocycles. The minimum absolute atomic E-state index is 0.0282. The van der Waals surface area contributed by atoms with Gasteiger partial charge in [0.15, 0.2) is 11.6 Å². The van der Waals surface area contributed by atoms with E-state index in [9.17, 15) is 9.18 Å². The highest BCUT2D eigenvalue weighted by molar-refractivity contribution is 5.91. The smallest absolute Gasteiger partial charge is 0.246 e. The number of halogens is 1. The largest absolute Gasteiger partial charge is 0.494 e. The molecule has 0 unspecified atom stereocenters. The van der Waals surface area contributed by atoms with Gasteiger partial charge in [-0.25, -0.2) is 4.39 Å². The van der Waals surface area contributed by atoms with Crippen LogP contribution in [0.4, 0.5) is 4.39 Å². The van der Waals surface area contributed by atoms with Crippen LogP contribution in [-0.4, -0.2) is 49.0 Å². The number of hydrogen-bond donors (Lipinski definition) is 0. The molecule has 1 saturated heterocycles. The maximum Gasteiger partial charge on any atom is 0.246 e. The first-order chi connectivity index (χ1) is 13.6. The molecular formula is C22H22FN3O2. The average Bonchev–Trinajstić information content (AvgIpc) is 2.73. The summed E-state index contributed by atoms with van der Waals surface area (Å²) in [5.74, 6) is -0.144. The Morgan fingerprint density at radius 3 is 2.50 bits per heavy atom. The monoisotopic (exact) mass is 379 g/mol. The van der Waals surface area contributed by atoms with E-state index in [0.29, 0.717) is 25.2 Å². The van der Waals surface area contributed by atoms with Crippen LogP contribution in [0.5, 0.6) is 5.75 Å². The summed E-state index contributed by atoms with van der Waals surface area (Å²) in [7, 11) is 1.45. The van der Waals surface area contributed by atoms with Crippen molar-refractivity contribution >= 4 is 12.0 Å². The Labute approximate surface area is 164 Å². The highest BCUT2D eigenvalue weighted by atomic mass is 19.1. The summed E-state index contributed by atoms with van der Waals surface area (Å²) in [4.78, 5) is 16.4. The number of methoxy groups -OCH3 is 1. The molecule has 1 aliphatic rings. The number of rotatable bonds is 5. The molecule has 0 bridgehead atoms. The van der Waals surface area contributed by atoms with E-state index >= 15 is 0 Å². The molecule has 28 heavy (non-hydrogen) atoms. The zero-order valence-electron chi connectivity index (χ0n) is 15.8. The lowest BCUT2D eigenvalue weighted by molar-refractivity contribution is -0.127. The van der Waals surface area contributed by atoms with Crippen molar-refractivity contribution in [2.45, 2.75) is 6.54 Å². The van der Waals surface area contributed by atoms with Gasteiger partial charge in [0.25, 0.3) is 0 Å². The number of nitrogens with zero attached hydrogens (tertiary/aromatic N) is 3. The predicted molar refractivity (Wildman–Crippen MR) is 105 cm³/mol. The Balaban J connectivity index is 1.50. The number of hydrogen-bond acceptors (Lipinski definition) is 4. The lowest BCUT2D eigenvalue weighted by Gasteiger charge is -2.34. The Morgan fingerprint density at radius 1 is 1.18 bits per heavy atom. The molecule has 2 aromatic rings. The van der Waals surface area contributed by atoms with Crippen LogP contribution < -0.4 is 4.74 Å². The van der Waals surface area contributed by atoms with Crippen LogP contribution in [0.1, 0.15) is 16.7 Å². The fourth-order valence-corrected chi connectivity index (χ4v) is 3.13. The van der Waals surface area contributed by atoms with E-state index in [2.05, 4.69) is 11.0 Å². The highest BCUT2D eigenvalue weighted by Crippen LogP contribution is 2.19. The first-order valence-electron chi connectivity index (χ1n) is 9.11. The van der Waals surface area contributed by atoms with E-state index in [1.165, 1.54) is 13.2 Å². The second-order valence-electron chi connectivity index (χ2n) is 6.64.